The predicted octanol–water partition coefficient (Wildman–Crippen LogP) is 2.32. The smallest absolute Gasteiger partial charge is 0.213 e. The molecule has 0 atom stereocenters. The van der Waals surface area contributed by atoms with E-state index in [2.05, 4.69) is 4.98 Å². The highest BCUT2D eigenvalue weighted by Gasteiger charge is 2.14. The fourth-order valence-electron chi connectivity index (χ4n) is 2.18. The normalized spacial score (nSPS) is 16.7. The molecule has 0 unspecified atom stereocenters. The van der Waals surface area contributed by atoms with Gasteiger partial charge in [-0.3, -0.25) is 5.41 Å². The third-order valence-corrected chi connectivity index (χ3v) is 3.24. The molecule has 1 heterocycles. The molecule has 1 aliphatic rings. The second-order valence-electron chi connectivity index (χ2n) is 4.61. The molecule has 2 rings (SSSR count). The number of amidine groups is 1. The van der Waals surface area contributed by atoms with Crippen LogP contribution in [0.15, 0.2) is 18.3 Å². The van der Waals surface area contributed by atoms with Crippen LogP contribution < -0.4 is 10.5 Å². The lowest BCUT2D eigenvalue weighted by Crippen LogP contribution is -2.16. The summed E-state index contributed by atoms with van der Waals surface area (Å²) < 4.78 is 5.66. The van der Waals surface area contributed by atoms with Crippen LogP contribution in [0.4, 0.5) is 0 Å². The van der Waals surface area contributed by atoms with E-state index in [4.69, 9.17) is 15.9 Å². The molecule has 4 heteroatoms. The van der Waals surface area contributed by atoms with Gasteiger partial charge in [-0.1, -0.05) is 19.3 Å². The van der Waals surface area contributed by atoms with Gasteiger partial charge < -0.3 is 10.5 Å². The molecule has 1 saturated carbocycles. The average Bonchev–Trinajstić information content (AvgIpc) is 2.38. The van der Waals surface area contributed by atoms with Crippen molar-refractivity contribution in [3.05, 3.63) is 23.9 Å². The molecule has 0 radical (unpaired) electrons. The van der Waals surface area contributed by atoms with Crippen molar-refractivity contribution < 1.29 is 4.74 Å². The number of hydrogen-bond donors (Lipinski definition) is 2. The van der Waals surface area contributed by atoms with Gasteiger partial charge in [0.15, 0.2) is 0 Å². The van der Waals surface area contributed by atoms with Gasteiger partial charge in [0.1, 0.15) is 5.84 Å². The molecule has 0 spiro atoms. The molecule has 0 bridgehead atoms. The standard InChI is InChI=1S/C13H19N3O/c14-13(15)11-6-7-12(16-8-11)17-9-10-4-2-1-3-5-10/h6-8,10H,1-5,9H2,(H3,14,15). The first-order valence-corrected chi connectivity index (χ1v) is 6.19. The maximum absolute atomic E-state index is 7.27. The Morgan fingerprint density at radius 2 is 2.12 bits per heavy atom. The fraction of sp³-hybridized carbons (Fsp3) is 0.538. The lowest BCUT2D eigenvalue weighted by Gasteiger charge is -2.21. The summed E-state index contributed by atoms with van der Waals surface area (Å²) in [6.07, 6.45) is 8.13. The number of ether oxygens (including phenoxy) is 1. The van der Waals surface area contributed by atoms with Crippen LogP contribution in [0.1, 0.15) is 37.7 Å². The van der Waals surface area contributed by atoms with E-state index in [0.717, 1.165) is 6.61 Å². The van der Waals surface area contributed by atoms with Crippen molar-refractivity contribution in [3.63, 3.8) is 0 Å². The van der Waals surface area contributed by atoms with Gasteiger partial charge in [-0.2, -0.15) is 0 Å². The van der Waals surface area contributed by atoms with E-state index in [-0.39, 0.29) is 5.84 Å². The minimum Gasteiger partial charge on any atom is -0.477 e. The van der Waals surface area contributed by atoms with E-state index in [1.165, 1.54) is 32.1 Å². The topological polar surface area (TPSA) is 72.0 Å². The Hall–Kier alpha value is -1.58. The van der Waals surface area contributed by atoms with Crippen LogP contribution in [0.25, 0.3) is 0 Å². The Morgan fingerprint density at radius 3 is 2.71 bits per heavy atom. The van der Waals surface area contributed by atoms with E-state index in [0.29, 0.717) is 17.4 Å². The molecular weight excluding hydrogens is 214 g/mol. The number of hydrogen-bond acceptors (Lipinski definition) is 3. The molecule has 3 N–H and O–H groups in total. The monoisotopic (exact) mass is 233 g/mol. The fourth-order valence-corrected chi connectivity index (χ4v) is 2.18. The number of nitrogens with two attached hydrogens (primary N) is 1. The van der Waals surface area contributed by atoms with Crippen molar-refractivity contribution in [3.8, 4) is 5.88 Å². The van der Waals surface area contributed by atoms with Gasteiger partial charge in [0.05, 0.1) is 6.61 Å². The second kappa shape index (κ2) is 5.66. The zero-order valence-corrected chi connectivity index (χ0v) is 9.98. The summed E-state index contributed by atoms with van der Waals surface area (Å²) in [6, 6.07) is 3.55. The Bertz CT molecular complexity index is 369. The van der Waals surface area contributed by atoms with Gasteiger partial charge in [-0.25, -0.2) is 4.98 Å². The van der Waals surface area contributed by atoms with Crippen LogP contribution in [0.3, 0.4) is 0 Å². The quantitative estimate of drug-likeness (QED) is 0.619. The van der Waals surface area contributed by atoms with Crippen molar-refractivity contribution in [2.75, 3.05) is 6.61 Å². The molecule has 0 aliphatic heterocycles. The van der Waals surface area contributed by atoms with Crippen LogP contribution in [-0.4, -0.2) is 17.4 Å². The van der Waals surface area contributed by atoms with Crippen LogP contribution >= 0.6 is 0 Å². The highest BCUT2D eigenvalue weighted by Crippen LogP contribution is 2.24. The second-order valence-corrected chi connectivity index (χ2v) is 4.61. The van der Waals surface area contributed by atoms with Crippen molar-refractivity contribution >= 4 is 5.84 Å². The molecule has 1 fully saturated rings. The van der Waals surface area contributed by atoms with Crippen molar-refractivity contribution in [1.29, 1.82) is 5.41 Å². The van der Waals surface area contributed by atoms with Gasteiger partial charge in [0.2, 0.25) is 5.88 Å². The molecule has 92 valence electrons. The number of aromatic nitrogens is 1. The van der Waals surface area contributed by atoms with Gasteiger partial charge in [-0.05, 0) is 24.8 Å². The molecule has 4 nitrogen and oxygen atoms in total. The SMILES string of the molecule is N=C(N)c1ccc(OCC2CCCCC2)nc1. The summed E-state index contributed by atoms with van der Waals surface area (Å²) in [4.78, 5) is 4.14. The summed E-state index contributed by atoms with van der Waals surface area (Å²) in [5.74, 6) is 1.34. The van der Waals surface area contributed by atoms with Crippen LogP contribution in [-0.2, 0) is 0 Å². The van der Waals surface area contributed by atoms with Crippen LogP contribution in [0.5, 0.6) is 5.88 Å². The molecule has 0 aromatic carbocycles. The molecule has 1 aromatic heterocycles. The van der Waals surface area contributed by atoms with Crippen LogP contribution in [0.2, 0.25) is 0 Å². The van der Waals surface area contributed by atoms with Gasteiger partial charge >= 0.3 is 0 Å². The van der Waals surface area contributed by atoms with E-state index in [1.54, 1.807) is 18.3 Å². The molecule has 1 aliphatic carbocycles. The van der Waals surface area contributed by atoms with E-state index >= 15 is 0 Å². The minimum atomic E-state index is 0.0383. The Balaban J connectivity index is 1.84. The maximum atomic E-state index is 7.27. The first-order valence-electron chi connectivity index (χ1n) is 6.19. The lowest BCUT2D eigenvalue weighted by molar-refractivity contribution is 0.203. The summed E-state index contributed by atoms with van der Waals surface area (Å²) >= 11 is 0. The van der Waals surface area contributed by atoms with Gasteiger partial charge in [0.25, 0.3) is 0 Å². The Kier molecular flexibility index (Phi) is 3.96. The first kappa shape index (κ1) is 11.9. The Morgan fingerprint density at radius 1 is 1.35 bits per heavy atom. The van der Waals surface area contributed by atoms with E-state index in [1.807, 2.05) is 0 Å². The lowest BCUT2D eigenvalue weighted by atomic mass is 9.90. The van der Waals surface area contributed by atoms with Crippen molar-refractivity contribution in [1.82, 2.24) is 4.98 Å². The molecule has 0 saturated heterocycles. The third-order valence-electron chi connectivity index (χ3n) is 3.24. The number of nitrogens with one attached hydrogen (secondary N) is 1. The van der Waals surface area contributed by atoms with Crippen molar-refractivity contribution in [2.24, 2.45) is 11.7 Å². The highest BCUT2D eigenvalue weighted by molar-refractivity contribution is 5.94. The molecule has 1 aromatic rings. The minimum absolute atomic E-state index is 0.0383. The maximum Gasteiger partial charge on any atom is 0.213 e. The summed E-state index contributed by atoms with van der Waals surface area (Å²) in [7, 11) is 0. The molecule has 0 amide bonds. The zero-order valence-electron chi connectivity index (χ0n) is 9.98. The Labute approximate surface area is 102 Å². The average molecular weight is 233 g/mol. The number of rotatable bonds is 4. The number of nitrogen functional groups attached to an aromatic ring is 1. The summed E-state index contributed by atoms with van der Waals surface area (Å²) in [6.45, 7) is 0.756. The summed E-state index contributed by atoms with van der Waals surface area (Å²) in [5.41, 5.74) is 5.99. The molecular formula is C13H19N3O. The van der Waals surface area contributed by atoms with Gasteiger partial charge in [-0.15, -0.1) is 0 Å². The van der Waals surface area contributed by atoms with E-state index < -0.39 is 0 Å². The highest BCUT2D eigenvalue weighted by atomic mass is 16.5. The van der Waals surface area contributed by atoms with Gasteiger partial charge in [0, 0.05) is 17.8 Å². The summed E-state index contributed by atoms with van der Waals surface area (Å²) in [5, 5.41) is 7.27. The predicted molar refractivity (Wildman–Crippen MR) is 67.3 cm³/mol. The number of nitrogens with zero attached hydrogens (tertiary/aromatic N) is 1. The van der Waals surface area contributed by atoms with E-state index in [9.17, 15) is 0 Å². The van der Waals surface area contributed by atoms with Crippen LogP contribution in [0, 0.1) is 11.3 Å². The van der Waals surface area contributed by atoms with Crippen molar-refractivity contribution in [2.45, 2.75) is 32.1 Å². The zero-order chi connectivity index (χ0) is 12.1. The third kappa shape index (κ3) is 3.44. The first-order chi connectivity index (χ1) is 8.25. The number of pyridine rings is 1. The molecule has 17 heavy (non-hydrogen) atoms. The largest absolute Gasteiger partial charge is 0.477 e.